The summed E-state index contributed by atoms with van der Waals surface area (Å²) in [4.78, 5) is 12.7. The van der Waals surface area contributed by atoms with E-state index < -0.39 is 0 Å². The summed E-state index contributed by atoms with van der Waals surface area (Å²) in [6.45, 7) is 4.44. The molecule has 0 saturated heterocycles. The van der Waals surface area contributed by atoms with E-state index in [1.54, 1.807) is 6.07 Å². The predicted octanol–water partition coefficient (Wildman–Crippen LogP) is 5.13. The fraction of sp³-hybridized carbons (Fsp3) is 0.136. The number of hydrogen-bond acceptors (Lipinski definition) is 2. The van der Waals surface area contributed by atoms with Gasteiger partial charge in [0, 0.05) is 5.69 Å². The monoisotopic (exact) mass is 331 g/mol. The minimum Gasteiger partial charge on any atom is -0.488 e. The molecule has 3 aromatic carbocycles. The van der Waals surface area contributed by atoms with Crippen molar-refractivity contribution < 1.29 is 9.53 Å². The number of amides is 1. The van der Waals surface area contributed by atoms with Gasteiger partial charge in [-0.05, 0) is 43.2 Å². The van der Waals surface area contributed by atoms with Crippen LogP contribution < -0.4 is 10.1 Å². The van der Waals surface area contributed by atoms with Crippen LogP contribution in [-0.4, -0.2) is 5.91 Å². The number of aryl methyl sites for hydroxylation is 2. The Bertz CT molecular complexity index is 886. The van der Waals surface area contributed by atoms with Crippen molar-refractivity contribution in [1.29, 1.82) is 0 Å². The van der Waals surface area contributed by atoms with Crippen LogP contribution in [0.5, 0.6) is 5.75 Å². The van der Waals surface area contributed by atoms with Gasteiger partial charge in [0.1, 0.15) is 12.4 Å². The summed E-state index contributed by atoms with van der Waals surface area (Å²) >= 11 is 0. The highest BCUT2D eigenvalue weighted by Gasteiger charge is 2.13. The first-order valence-electron chi connectivity index (χ1n) is 8.28. The summed E-state index contributed by atoms with van der Waals surface area (Å²) in [6.07, 6.45) is 0. The summed E-state index contributed by atoms with van der Waals surface area (Å²) in [5.41, 5.74) is 4.62. The highest BCUT2D eigenvalue weighted by Crippen LogP contribution is 2.22. The molecule has 3 aromatic rings. The second kappa shape index (κ2) is 7.67. The van der Waals surface area contributed by atoms with Gasteiger partial charge in [0.05, 0.1) is 5.56 Å². The molecule has 0 spiro atoms. The molecule has 0 unspecified atom stereocenters. The Morgan fingerprint density at radius 1 is 0.920 bits per heavy atom. The third-order valence-corrected chi connectivity index (χ3v) is 4.00. The van der Waals surface area contributed by atoms with Gasteiger partial charge >= 0.3 is 0 Å². The highest BCUT2D eigenvalue weighted by molar-refractivity contribution is 6.06. The molecule has 0 atom stereocenters. The van der Waals surface area contributed by atoms with E-state index in [-0.39, 0.29) is 5.91 Å². The molecule has 0 aliphatic carbocycles. The first-order valence-corrected chi connectivity index (χ1v) is 8.28. The van der Waals surface area contributed by atoms with Crippen LogP contribution in [0.15, 0.2) is 72.8 Å². The van der Waals surface area contributed by atoms with E-state index >= 15 is 0 Å². The predicted molar refractivity (Wildman–Crippen MR) is 101 cm³/mol. The molecule has 3 rings (SSSR count). The number of ether oxygens (including phenoxy) is 1. The van der Waals surface area contributed by atoms with E-state index in [1.165, 1.54) is 5.56 Å². The van der Waals surface area contributed by atoms with Crippen LogP contribution in [-0.2, 0) is 6.61 Å². The normalized spacial score (nSPS) is 10.3. The van der Waals surface area contributed by atoms with E-state index in [2.05, 4.69) is 11.4 Å². The number of anilines is 1. The van der Waals surface area contributed by atoms with Crippen LogP contribution >= 0.6 is 0 Å². The number of benzene rings is 3. The number of hydrogen-bond donors (Lipinski definition) is 1. The van der Waals surface area contributed by atoms with Gasteiger partial charge in [-0.25, -0.2) is 0 Å². The lowest BCUT2D eigenvalue weighted by Gasteiger charge is -2.13. The van der Waals surface area contributed by atoms with Crippen LogP contribution in [0, 0.1) is 13.8 Å². The van der Waals surface area contributed by atoms with E-state index in [9.17, 15) is 4.79 Å². The number of carbonyl (C=O) groups excluding carboxylic acids is 1. The van der Waals surface area contributed by atoms with Gasteiger partial charge in [0.15, 0.2) is 0 Å². The lowest BCUT2D eigenvalue weighted by molar-refractivity contribution is 0.102. The van der Waals surface area contributed by atoms with Crippen molar-refractivity contribution in [3.05, 3.63) is 95.1 Å². The minimum absolute atomic E-state index is 0.172. The van der Waals surface area contributed by atoms with E-state index in [0.717, 1.165) is 16.8 Å². The summed E-state index contributed by atoms with van der Waals surface area (Å²) in [7, 11) is 0. The van der Waals surface area contributed by atoms with Crippen LogP contribution in [0.2, 0.25) is 0 Å². The number of nitrogens with one attached hydrogen (secondary N) is 1. The summed E-state index contributed by atoms with van der Waals surface area (Å²) in [5, 5.41) is 2.96. The van der Waals surface area contributed by atoms with E-state index in [4.69, 9.17) is 4.74 Å². The van der Waals surface area contributed by atoms with E-state index in [1.807, 2.05) is 74.5 Å². The average Bonchev–Trinajstić information content (AvgIpc) is 2.62. The molecule has 0 saturated carbocycles. The maximum absolute atomic E-state index is 12.7. The molecule has 126 valence electrons. The Morgan fingerprint density at radius 3 is 2.48 bits per heavy atom. The molecule has 25 heavy (non-hydrogen) atoms. The molecule has 0 heterocycles. The van der Waals surface area contributed by atoms with E-state index in [0.29, 0.717) is 17.9 Å². The van der Waals surface area contributed by atoms with Gasteiger partial charge in [0.25, 0.3) is 5.91 Å². The Morgan fingerprint density at radius 2 is 1.68 bits per heavy atom. The Balaban J connectivity index is 1.76. The number of para-hydroxylation sites is 2. The molecule has 0 bridgehead atoms. The molecular formula is C22H21NO2. The molecule has 0 radical (unpaired) electrons. The van der Waals surface area contributed by atoms with Crippen molar-refractivity contribution in [3.63, 3.8) is 0 Å². The quantitative estimate of drug-likeness (QED) is 0.703. The zero-order valence-corrected chi connectivity index (χ0v) is 14.5. The molecule has 3 nitrogen and oxygen atoms in total. The van der Waals surface area contributed by atoms with Crippen molar-refractivity contribution in [2.45, 2.75) is 20.5 Å². The van der Waals surface area contributed by atoms with Gasteiger partial charge in [-0.1, -0.05) is 60.2 Å². The molecule has 1 amide bonds. The molecule has 0 fully saturated rings. The smallest absolute Gasteiger partial charge is 0.259 e. The highest BCUT2D eigenvalue weighted by atomic mass is 16.5. The van der Waals surface area contributed by atoms with Gasteiger partial charge in [0.2, 0.25) is 0 Å². The topological polar surface area (TPSA) is 38.3 Å². The van der Waals surface area contributed by atoms with Crippen molar-refractivity contribution in [2.24, 2.45) is 0 Å². The summed E-state index contributed by atoms with van der Waals surface area (Å²) < 4.78 is 5.91. The lowest BCUT2D eigenvalue weighted by atomic mass is 10.1. The largest absolute Gasteiger partial charge is 0.488 e. The Kier molecular flexibility index (Phi) is 5.14. The van der Waals surface area contributed by atoms with Gasteiger partial charge in [-0.15, -0.1) is 0 Å². The van der Waals surface area contributed by atoms with Gasteiger partial charge in [-0.3, -0.25) is 4.79 Å². The molecule has 0 aliphatic rings. The molecular weight excluding hydrogens is 310 g/mol. The minimum atomic E-state index is -0.172. The second-order valence-corrected chi connectivity index (χ2v) is 6.04. The van der Waals surface area contributed by atoms with Gasteiger partial charge in [-0.2, -0.15) is 0 Å². The van der Waals surface area contributed by atoms with Crippen molar-refractivity contribution in [3.8, 4) is 5.75 Å². The molecule has 1 N–H and O–H groups in total. The van der Waals surface area contributed by atoms with Crippen LogP contribution in [0.25, 0.3) is 0 Å². The molecule has 0 aliphatic heterocycles. The SMILES string of the molecule is Cc1cccc(COc2ccccc2C(=O)Nc2ccccc2C)c1. The molecule has 3 heteroatoms. The maximum Gasteiger partial charge on any atom is 0.259 e. The first-order chi connectivity index (χ1) is 12.1. The zero-order chi connectivity index (χ0) is 17.6. The van der Waals surface area contributed by atoms with Crippen molar-refractivity contribution in [2.75, 3.05) is 5.32 Å². The third-order valence-electron chi connectivity index (χ3n) is 4.00. The maximum atomic E-state index is 12.7. The van der Waals surface area contributed by atoms with Crippen LogP contribution in [0.4, 0.5) is 5.69 Å². The molecule has 0 aromatic heterocycles. The second-order valence-electron chi connectivity index (χ2n) is 6.04. The van der Waals surface area contributed by atoms with Gasteiger partial charge < -0.3 is 10.1 Å². The fourth-order valence-electron chi connectivity index (χ4n) is 2.65. The Labute approximate surface area is 148 Å². The summed E-state index contributed by atoms with van der Waals surface area (Å²) in [5.74, 6) is 0.407. The summed E-state index contributed by atoms with van der Waals surface area (Å²) in [6, 6.07) is 23.2. The average molecular weight is 331 g/mol. The number of carbonyl (C=O) groups is 1. The van der Waals surface area contributed by atoms with Crippen LogP contribution in [0.3, 0.4) is 0 Å². The lowest BCUT2D eigenvalue weighted by Crippen LogP contribution is -2.14. The van der Waals surface area contributed by atoms with Crippen molar-refractivity contribution >= 4 is 11.6 Å². The first kappa shape index (κ1) is 16.8. The fourth-order valence-corrected chi connectivity index (χ4v) is 2.65. The number of rotatable bonds is 5. The third kappa shape index (κ3) is 4.27. The Hall–Kier alpha value is -3.07. The standard InChI is InChI=1S/C22H21NO2/c1-16-8-7-10-18(14-16)15-25-21-13-6-4-11-19(21)22(24)23-20-12-5-3-9-17(20)2/h3-14H,15H2,1-2H3,(H,23,24). The van der Waals surface area contributed by atoms with Crippen molar-refractivity contribution in [1.82, 2.24) is 0 Å². The van der Waals surface area contributed by atoms with Crippen LogP contribution in [0.1, 0.15) is 27.0 Å². The zero-order valence-electron chi connectivity index (χ0n) is 14.5.